The van der Waals surface area contributed by atoms with Gasteiger partial charge in [-0.2, -0.15) is 17.0 Å². The van der Waals surface area contributed by atoms with Crippen LogP contribution in [0.4, 0.5) is 0 Å². The molecule has 0 radical (unpaired) electrons. The minimum atomic E-state index is -1.08. The Balaban J connectivity index is 4.76. The van der Waals surface area contributed by atoms with Crippen molar-refractivity contribution in [3.05, 3.63) is 0 Å². The van der Waals surface area contributed by atoms with Crippen LogP contribution >= 0.6 is 11.8 Å². The molecular formula is C10H15N3O4S. The number of thioether (sulfide) groups is 1. The second-order valence-corrected chi connectivity index (χ2v) is 4.07. The Morgan fingerprint density at radius 2 is 2.11 bits per heavy atom. The number of amides is 2. The molecule has 0 heterocycles. The van der Waals surface area contributed by atoms with Crippen molar-refractivity contribution in [2.45, 2.75) is 13.0 Å². The first-order chi connectivity index (χ1) is 8.51. The molecule has 0 spiro atoms. The zero-order valence-corrected chi connectivity index (χ0v) is 11.2. The van der Waals surface area contributed by atoms with Gasteiger partial charge in [-0.1, -0.05) is 0 Å². The predicted octanol–water partition coefficient (Wildman–Crippen LogP) is -0.663. The van der Waals surface area contributed by atoms with Crippen molar-refractivity contribution in [1.29, 1.82) is 5.26 Å². The van der Waals surface area contributed by atoms with Gasteiger partial charge < -0.3 is 10.1 Å². The smallest absolute Gasteiger partial charge is 0.396 e. The van der Waals surface area contributed by atoms with E-state index < -0.39 is 23.8 Å². The fraction of sp³-hybridized carbons (Fsp3) is 0.600. The van der Waals surface area contributed by atoms with Crippen LogP contribution in [0.3, 0.4) is 0 Å². The zero-order chi connectivity index (χ0) is 14.1. The number of nitrogens with one attached hydrogen (secondary N) is 1. The summed E-state index contributed by atoms with van der Waals surface area (Å²) >= 11 is 1.31. The van der Waals surface area contributed by atoms with Gasteiger partial charge in [0.2, 0.25) is 0 Å². The van der Waals surface area contributed by atoms with Crippen molar-refractivity contribution in [3.63, 3.8) is 0 Å². The van der Waals surface area contributed by atoms with Crippen molar-refractivity contribution >= 4 is 29.5 Å². The fourth-order valence-corrected chi connectivity index (χ4v) is 1.67. The van der Waals surface area contributed by atoms with Crippen LogP contribution in [0.25, 0.3) is 0 Å². The molecule has 0 aromatic carbocycles. The van der Waals surface area contributed by atoms with E-state index in [1.54, 1.807) is 19.4 Å². The normalized spacial score (nSPS) is 11.0. The Labute approximate surface area is 109 Å². The average Bonchev–Trinajstić information content (AvgIpc) is 2.38. The maximum absolute atomic E-state index is 11.9. The molecule has 100 valence electrons. The molecule has 1 unspecified atom stereocenters. The number of nitrogens with zero attached hydrogens (tertiary/aromatic N) is 2. The summed E-state index contributed by atoms with van der Waals surface area (Å²) in [6.07, 6.45) is 3.46. The summed E-state index contributed by atoms with van der Waals surface area (Å²) in [6.45, 7) is 1.84. The van der Waals surface area contributed by atoms with Gasteiger partial charge in [-0.3, -0.25) is 9.59 Å². The fourth-order valence-electron chi connectivity index (χ4n) is 1.12. The van der Waals surface area contributed by atoms with Gasteiger partial charge in [-0.15, -0.1) is 0 Å². The van der Waals surface area contributed by atoms with Crippen LogP contribution in [0.15, 0.2) is 0 Å². The van der Waals surface area contributed by atoms with E-state index in [0.29, 0.717) is 0 Å². The van der Waals surface area contributed by atoms with Gasteiger partial charge in [0.1, 0.15) is 6.04 Å². The molecule has 1 atom stereocenters. The Morgan fingerprint density at radius 1 is 1.50 bits per heavy atom. The van der Waals surface area contributed by atoms with E-state index in [2.05, 4.69) is 10.1 Å². The molecule has 8 heteroatoms. The summed E-state index contributed by atoms with van der Waals surface area (Å²) in [5, 5.41) is 11.0. The van der Waals surface area contributed by atoms with Crippen LogP contribution in [0, 0.1) is 11.5 Å². The SMILES string of the molecule is CCN(C#N)C(=O)C(CSC)NC(=O)C(=O)OC. The number of rotatable bonds is 5. The number of carbonyl (C=O) groups excluding carboxylic acids is 3. The number of ether oxygens (including phenoxy) is 1. The first-order valence-corrected chi connectivity index (χ1v) is 6.50. The van der Waals surface area contributed by atoms with Gasteiger partial charge in [0, 0.05) is 12.3 Å². The Kier molecular flexibility index (Phi) is 7.54. The molecule has 0 saturated carbocycles. The second kappa shape index (κ2) is 8.36. The molecule has 0 aromatic rings. The average molecular weight is 273 g/mol. The van der Waals surface area contributed by atoms with Gasteiger partial charge in [0.05, 0.1) is 7.11 Å². The molecule has 0 saturated heterocycles. The molecule has 18 heavy (non-hydrogen) atoms. The highest BCUT2D eigenvalue weighted by atomic mass is 32.2. The molecule has 0 fully saturated rings. The van der Waals surface area contributed by atoms with Crippen LogP contribution in [0.1, 0.15) is 6.92 Å². The first-order valence-electron chi connectivity index (χ1n) is 5.10. The van der Waals surface area contributed by atoms with E-state index in [-0.39, 0.29) is 12.3 Å². The largest absolute Gasteiger partial charge is 0.462 e. The predicted molar refractivity (Wildman–Crippen MR) is 65.3 cm³/mol. The van der Waals surface area contributed by atoms with E-state index in [4.69, 9.17) is 5.26 Å². The maximum Gasteiger partial charge on any atom is 0.396 e. The van der Waals surface area contributed by atoms with Crippen LogP contribution in [0.5, 0.6) is 0 Å². The highest BCUT2D eigenvalue weighted by molar-refractivity contribution is 7.98. The molecule has 1 N–H and O–H groups in total. The highest BCUT2D eigenvalue weighted by Crippen LogP contribution is 2.02. The third kappa shape index (κ3) is 4.63. The lowest BCUT2D eigenvalue weighted by molar-refractivity contribution is -0.153. The van der Waals surface area contributed by atoms with Gasteiger partial charge in [0.25, 0.3) is 5.91 Å². The van der Waals surface area contributed by atoms with Crippen LogP contribution in [-0.2, 0) is 19.1 Å². The minimum Gasteiger partial charge on any atom is -0.462 e. The number of nitriles is 1. The summed E-state index contributed by atoms with van der Waals surface area (Å²) < 4.78 is 4.24. The second-order valence-electron chi connectivity index (χ2n) is 3.16. The summed E-state index contributed by atoms with van der Waals surface area (Å²) in [5.41, 5.74) is 0. The topological polar surface area (TPSA) is 99.5 Å². The van der Waals surface area contributed by atoms with Crippen molar-refractivity contribution in [3.8, 4) is 6.19 Å². The molecule has 0 aliphatic carbocycles. The number of hydrogen-bond acceptors (Lipinski definition) is 6. The number of hydrogen-bond donors (Lipinski definition) is 1. The van der Waals surface area contributed by atoms with Crippen LogP contribution in [0.2, 0.25) is 0 Å². The number of carbonyl (C=O) groups is 3. The molecule has 0 aliphatic heterocycles. The summed E-state index contributed by atoms with van der Waals surface area (Å²) in [4.78, 5) is 35.0. The molecule has 7 nitrogen and oxygen atoms in total. The lowest BCUT2D eigenvalue weighted by Gasteiger charge is -2.20. The zero-order valence-electron chi connectivity index (χ0n) is 10.4. The Bertz CT molecular complexity index is 367. The van der Waals surface area contributed by atoms with E-state index in [1.165, 1.54) is 11.8 Å². The third-order valence-electron chi connectivity index (χ3n) is 2.01. The van der Waals surface area contributed by atoms with Crippen molar-refractivity contribution in [1.82, 2.24) is 10.2 Å². The molecule has 0 aromatic heterocycles. The monoisotopic (exact) mass is 273 g/mol. The minimum absolute atomic E-state index is 0.203. The first kappa shape index (κ1) is 16.2. The van der Waals surface area contributed by atoms with Crippen LogP contribution < -0.4 is 5.32 Å². The highest BCUT2D eigenvalue weighted by Gasteiger charge is 2.27. The van der Waals surface area contributed by atoms with Gasteiger partial charge in [-0.05, 0) is 13.2 Å². The molecule has 0 bridgehead atoms. The van der Waals surface area contributed by atoms with Crippen molar-refractivity contribution < 1.29 is 19.1 Å². The quantitative estimate of drug-likeness (QED) is 0.309. The van der Waals surface area contributed by atoms with E-state index in [1.807, 2.05) is 0 Å². The van der Waals surface area contributed by atoms with E-state index >= 15 is 0 Å². The van der Waals surface area contributed by atoms with Crippen molar-refractivity contribution in [2.24, 2.45) is 0 Å². The lowest BCUT2D eigenvalue weighted by Crippen LogP contribution is -2.50. The van der Waals surface area contributed by atoms with E-state index in [0.717, 1.165) is 12.0 Å². The Morgan fingerprint density at radius 3 is 2.50 bits per heavy atom. The van der Waals surface area contributed by atoms with Gasteiger partial charge >= 0.3 is 11.9 Å². The third-order valence-corrected chi connectivity index (χ3v) is 2.68. The molecule has 2 amide bonds. The van der Waals surface area contributed by atoms with Crippen molar-refractivity contribution in [2.75, 3.05) is 25.7 Å². The standard InChI is InChI=1S/C10H15N3O4S/c1-4-13(6-11)9(15)7(5-18-3)12-8(14)10(16)17-2/h7H,4-5H2,1-3H3,(H,12,14). The molecule has 0 rings (SSSR count). The molecular weight excluding hydrogens is 258 g/mol. The van der Waals surface area contributed by atoms with E-state index in [9.17, 15) is 14.4 Å². The molecule has 0 aliphatic rings. The van der Waals surface area contributed by atoms with Gasteiger partial charge in [0.15, 0.2) is 6.19 Å². The lowest BCUT2D eigenvalue weighted by atomic mass is 10.3. The summed E-state index contributed by atoms with van der Waals surface area (Å²) in [6, 6.07) is -0.925. The summed E-state index contributed by atoms with van der Waals surface area (Å²) in [5.74, 6) is -2.36. The van der Waals surface area contributed by atoms with Crippen LogP contribution in [-0.4, -0.2) is 54.4 Å². The van der Waals surface area contributed by atoms with Gasteiger partial charge in [-0.25, -0.2) is 9.69 Å². The number of likely N-dealkylation sites (N-methyl/N-ethyl adjacent to an activating group) is 1. The summed E-state index contributed by atoms with van der Waals surface area (Å²) in [7, 11) is 1.07. The maximum atomic E-state index is 11.9. The number of esters is 1. The Hall–Kier alpha value is -1.75. The number of methoxy groups -OCH3 is 1.